The summed E-state index contributed by atoms with van der Waals surface area (Å²) in [6.07, 6.45) is -0.0156. The second-order valence-corrected chi connectivity index (χ2v) is 6.21. The lowest BCUT2D eigenvalue weighted by molar-refractivity contribution is 0.0771. The van der Waals surface area contributed by atoms with E-state index in [4.69, 9.17) is 5.14 Å². The molecule has 1 aromatic heterocycles. The highest BCUT2D eigenvalue weighted by atomic mass is 32.2. The number of primary sulfonamides is 1. The van der Waals surface area contributed by atoms with E-state index >= 15 is 0 Å². The number of amides is 1. The number of nitrogens with two attached hydrogens (primary N) is 1. The van der Waals surface area contributed by atoms with E-state index in [-0.39, 0.29) is 10.6 Å². The third-order valence-electron chi connectivity index (χ3n) is 3.15. The summed E-state index contributed by atoms with van der Waals surface area (Å²) >= 11 is 0. The van der Waals surface area contributed by atoms with Crippen molar-refractivity contribution >= 4 is 15.9 Å². The molecular formula is C11H15F2N3O3S. The molecule has 1 aromatic rings. The monoisotopic (exact) mass is 307 g/mol. The molecule has 6 nitrogen and oxygen atoms in total. The van der Waals surface area contributed by atoms with Gasteiger partial charge in [-0.25, -0.2) is 22.3 Å². The first-order valence-corrected chi connectivity index (χ1v) is 7.64. The summed E-state index contributed by atoms with van der Waals surface area (Å²) in [6.45, 7) is 0.344. The zero-order valence-corrected chi connectivity index (χ0v) is 11.4. The van der Waals surface area contributed by atoms with Crippen molar-refractivity contribution in [2.24, 2.45) is 5.14 Å². The van der Waals surface area contributed by atoms with Crippen molar-refractivity contribution in [2.45, 2.75) is 30.7 Å². The maximum Gasteiger partial charge on any atom is 0.270 e. The molecule has 1 aliphatic heterocycles. The van der Waals surface area contributed by atoms with Gasteiger partial charge in [0.05, 0.1) is 6.54 Å². The van der Waals surface area contributed by atoms with E-state index in [2.05, 4.69) is 0 Å². The van der Waals surface area contributed by atoms with Gasteiger partial charge in [0, 0.05) is 19.3 Å². The van der Waals surface area contributed by atoms with Crippen LogP contribution in [0.25, 0.3) is 0 Å². The molecule has 2 N–H and O–H groups in total. The number of carbonyl (C=O) groups is 1. The molecule has 9 heteroatoms. The summed E-state index contributed by atoms with van der Waals surface area (Å²) in [5.74, 6) is -0.446. The molecule has 1 amide bonds. The maximum atomic E-state index is 12.5. The molecule has 0 bridgehead atoms. The number of nitrogens with zero attached hydrogens (tertiary/aromatic N) is 2. The lowest BCUT2D eigenvalue weighted by Gasteiger charge is -2.16. The van der Waals surface area contributed by atoms with Gasteiger partial charge in [0.1, 0.15) is 10.6 Å². The van der Waals surface area contributed by atoms with Gasteiger partial charge in [0.2, 0.25) is 10.0 Å². The first-order chi connectivity index (χ1) is 9.29. The van der Waals surface area contributed by atoms with Gasteiger partial charge in [-0.15, -0.1) is 0 Å². The van der Waals surface area contributed by atoms with Crippen LogP contribution < -0.4 is 5.14 Å². The van der Waals surface area contributed by atoms with Gasteiger partial charge in [-0.3, -0.25) is 4.79 Å². The maximum absolute atomic E-state index is 12.5. The van der Waals surface area contributed by atoms with Gasteiger partial charge in [0.25, 0.3) is 12.3 Å². The van der Waals surface area contributed by atoms with Crippen LogP contribution in [0.3, 0.4) is 0 Å². The Morgan fingerprint density at radius 1 is 1.35 bits per heavy atom. The van der Waals surface area contributed by atoms with Crippen LogP contribution in [0, 0.1) is 0 Å². The third kappa shape index (κ3) is 3.15. The predicted molar refractivity (Wildman–Crippen MR) is 66.9 cm³/mol. The Hall–Kier alpha value is -1.48. The fourth-order valence-electron chi connectivity index (χ4n) is 2.20. The van der Waals surface area contributed by atoms with Gasteiger partial charge in [-0.2, -0.15) is 0 Å². The Balaban J connectivity index is 2.38. The number of alkyl halides is 2. The smallest absolute Gasteiger partial charge is 0.270 e. The predicted octanol–water partition coefficient (Wildman–Crippen LogP) is 0.637. The first-order valence-electron chi connectivity index (χ1n) is 6.09. The van der Waals surface area contributed by atoms with E-state index in [9.17, 15) is 22.0 Å². The molecule has 2 heterocycles. The second kappa shape index (κ2) is 5.49. The molecule has 20 heavy (non-hydrogen) atoms. The van der Waals surface area contributed by atoms with Crippen LogP contribution in [0.5, 0.6) is 0 Å². The van der Waals surface area contributed by atoms with E-state index in [0.29, 0.717) is 13.1 Å². The number of rotatable bonds is 4. The van der Waals surface area contributed by atoms with Crippen LogP contribution in [0.2, 0.25) is 0 Å². The number of hydrogen-bond acceptors (Lipinski definition) is 3. The molecule has 112 valence electrons. The Labute approximate surface area is 115 Å². The fraction of sp³-hybridized carbons (Fsp3) is 0.545. The highest BCUT2D eigenvalue weighted by molar-refractivity contribution is 7.89. The van der Waals surface area contributed by atoms with Crippen molar-refractivity contribution in [1.82, 2.24) is 9.47 Å². The van der Waals surface area contributed by atoms with Crippen LogP contribution in [-0.4, -0.2) is 43.3 Å². The Bertz CT molecular complexity index is 606. The second-order valence-electron chi connectivity index (χ2n) is 4.65. The molecule has 0 spiro atoms. The van der Waals surface area contributed by atoms with E-state index in [1.807, 2.05) is 0 Å². The SMILES string of the molecule is NS(=O)(=O)c1cc(C(=O)N2CCCC2)n(CC(F)F)c1. The molecule has 1 fully saturated rings. The molecular weight excluding hydrogens is 292 g/mol. The van der Waals surface area contributed by atoms with Gasteiger partial charge < -0.3 is 9.47 Å². The quantitative estimate of drug-likeness (QED) is 0.885. The Morgan fingerprint density at radius 2 is 1.95 bits per heavy atom. The van der Waals surface area contributed by atoms with Crippen LogP contribution in [-0.2, 0) is 16.6 Å². The van der Waals surface area contributed by atoms with Crippen molar-refractivity contribution in [3.8, 4) is 0 Å². The molecule has 0 unspecified atom stereocenters. The molecule has 0 saturated carbocycles. The van der Waals surface area contributed by atoms with Gasteiger partial charge in [-0.1, -0.05) is 0 Å². The largest absolute Gasteiger partial charge is 0.337 e. The lowest BCUT2D eigenvalue weighted by Crippen LogP contribution is -2.30. The molecule has 0 atom stereocenters. The number of aromatic nitrogens is 1. The standard InChI is InChI=1S/C11H15F2N3O3S/c12-10(13)7-16-6-8(20(14,18)19)5-9(16)11(17)15-3-1-2-4-15/h5-6,10H,1-4,7H2,(H2,14,18,19). The molecule has 0 aromatic carbocycles. The lowest BCUT2D eigenvalue weighted by atomic mass is 10.3. The van der Waals surface area contributed by atoms with Crippen LogP contribution in [0.4, 0.5) is 8.78 Å². The van der Waals surface area contributed by atoms with Gasteiger partial charge in [0.15, 0.2) is 0 Å². The zero-order valence-electron chi connectivity index (χ0n) is 10.6. The van der Waals surface area contributed by atoms with Crippen molar-refractivity contribution in [1.29, 1.82) is 0 Å². The highest BCUT2D eigenvalue weighted by Gasteiger charge is 2.26. The van der Waals surface area contributed by atoms with Crippen LogP contribution in [0.1, 0.15) is 23.3 Å². The average molecular weight is 307 g/mol. The van der Waals surface area contributed by atoms with Gasteiger partial charge >= 0.3 is 0 Å². The summed E-state index contributed by atoms with van der Waals surface area (Å²) < 4.78 is 48.6. The number of sulfonamides is 1. The Morgan fingerprint density at radius 3 is 2.45 bits per heavy atom. The molecule has 0 radical (unpaired) electrons. The third-order valence-corrected chi connectivity index (χ3v) is 4.03. The number of halogens is 2. The topological polar surface area (TPSA) is 85.4 Å². The van der Waals surface area contributed by atoms with Crippen molar-refractivity contribution in [3.05, 3.63) is 18.0 Å². The van der Waals surface area contributed by atoms with E-state index in [1.165, 1.54) is 4.90 Å². The van der Waals surface area contributed by atoms with Crippen molar-refractivity contribution < 1.29 is 22.0 Å². The number of likely N-dealkylation sites (tertiary alicyclic amines) is 1. The first kappa shape index (κ1) is 14.9. The highest BCUT2D eigenvalue weighted by Crippen LogP contribution is 2.19. The minimum Gasteiger partial charge on any atom is -0.337 e. The fourth-order valence-corrected chi connectivity index (χ4v) is 2.75. The van der Waals surface area contributed by atoms with Crippen molar-refractivity contribution in [3.63, 3.8) is 0 Å². The molecule has 0 aliphatic carbocycles. The van der Waals surface area contributed by atoms with E-state index in [1.54, 1.807) is 0 Å². The summed E-state index contributed by atoms with van der Waals surface area (Å²) in [4.78, 5) is 13.4. The summed E-state index contributed by atoms with van der Waals surface area (Å²) in [6, 6.07) is 1.05. The summed E-state index contributed by atoms with van der Waals surface area (Å²) in [7, 11) is -4.03. The summed E-state index contributed by atoms with van der Waals surface area (Å²) in [5.41, 5.74) is -0.0729. The normalized spacial score (nSPS) is 16.1. The molecule has 1 aliphatic rings. The number of carbonyl (C=O) groups excluding carboxylic acids is 1. The van der Waals surface area contributed by atoms with Crippen LogP contribution in [0.15, 0.2) is 17.2 Å². The van der Waals surface area contributed by atoms with Crippen molar-refractivity contribution in [2.75, 3.05) is 13.1 Å². The van der Waals surface area contributed by atoms with E-state index in [0.717, 1.165) is 29.7 Å². The minimum absolute atomic E-state index is 0.0729. The Kier molecular flexibility index (Phi) is 4.09. The number of hydrogen-bond donors (Lipinski definition) is 1. The van der Waals surface area contributed by atoms with E-state index < -0.39 is 28.9 Å². The zero-order chi connectivity index (χ0) is 14.9. The minimum atomic E-state index is -4.03. The summed E-state index contributed by atoms with van der Waals surface area (Å²) in [5, 5.41) is 4.97. The van der Waals surface area contributed by atoms with Gasteiger partial charge in [-0.05, 0) is 18.9 Å². The molecule has 2 rings (SSSR count). The average Bonchev–Trinajstić information content (AvgIpc) is 2.94. The molecule has 1 saturated heterocycles. The van der Waals surface area contributed by atoms with Crippen LogP contribution >= 0.6 is 0 Å².